The lowest BCUT2D eigenvalue weighted by Gasteiger charge is -2.30. The highest BCUT2D eigenvalue weighted by Gasteiger charge is 2.62. The zero-order chi connectivity index (χ0) is 38.6. The largest absolute Gasteiger partial charge is 0.494 e. The number of hydrogen-bond acceptors (Lipinski definition) is 9. The molecule has 2 aliphatic carbocycles. The van der Waals surface area contributed by atoms with Gasteiger partial charge >= 0.3 is 0 Å². The monoisotopic (exact) mass is 774 g/mol. The summed E-state index contributed by atoms with van der Waals surface area (Å²) in [5.74, 6) is -2.36. The van der Waals surface area contributed by atoms with Gasteiger partial charge in [0.15, 0.2) is 0 Å². The Kier molecular flexibility index (Phi) is 11.6. The number of fused-ring (bicyclic) bond motifs is 8. The van der Waals surface area contributed by atoms with Crippen molar-refractivity contribution in [1.82, 2.24) is 30.6 Å². The number of rotatable bonds is 3. The maximum atomic E-state index is 14.5. The predicted octanol–water partition coefficient (Wildman–Crippen LogP) is 3.28. The summed E-state index contributed by atoms with van der Waals surface area (Å²) in [4.78, 5) is 75.5. The normalized spacial score (nSPS) is 29.0. The van der Waals surface area contributed by atoms with Crippen LogP contribution < -0.4 is 25.4 Å². The van der Waals surface area contributed by atoms with Crippen molar-refractivity contribution in [2.45, 2.75) is 119 Å². The van der Waals surface area contributed by atoms with E-state index in [2.05, 4.69) is 25.7 Å². The minimum absolute atomic E-state index is 0.0211. The Labute approximate surface area is 321 Å². The molecular formula is C40H50N6O8S. The Balaban J connectivity index is 1.18. The Morgan fingerprint density at radius 1 is 0.909 bits per heavy atom. The summed E-state index contributed by atoms with van der Waals surface area (Å²) in [5.41, 5.74) is -0.00573. The Hall–Kier alpha value is -4.79. The van der Waals surface area contributed by atoms with E-state index in [0.717, 1.165) is 37.7 Å². The summed E-state index contributed by atoms with van der Waals surface area (Å²) in [6.45, 7) is 0.489. The third kappa shape index (κ3) is 9.20. The second kappa shape index (κ2) is 16.5. The number of hydrogen-bond donors (Lipinski definition) is 4. The van der Waals surface area contributed by atoms with Gasteiger partial charge in [-0.2, -0.15) is 0 Å². The van der Waals surface area contributed by atoms with E-state index < -0.39 is 68.5 Å². The molecule has 3 aliphatic heterocycles. The van der Waals surface area contributed by atoms with Crippen LogP contribution in [0, 0.1) is 5.92 Å². The molecule has 1 saturated heterocycles. The van der Waals surface area contributed by atoms with Gasteiger partial charge in [0.05, 0.1) is 17.6 Å². The highest BCUT2D eigenvalue weighted by Crippen LogP contribution is 2.46. The lowest BCUT2D eigenvalue weighted by atomic mass is 10.0. The Morgan fingerprint density at radius 3 is 2.53 bits per heavy atom. The van der Waals surface area contributed by atoms with Crippen molar-refractivity contribution in [1.29, 1.82) is 0 Å². The first-order valence-corrected chi connectivity index (χ1v) is 21.2. The molecule has 1 aromatic heterocycles. The summed E-state index contributed by atoms with van der Waals surface area (Å²) in [6, 6.07) is 9.95. The highest BCUT2D eigenvalue weighted by atomic mass is 32.2. The summed E-state index contributed by atoms with van der Waals surface area (Å²) in [6.07, 6.45) is 11.7. The van der Waals surface area contributed by atoms with Crippen molar-refractivity contribution in [3.8, 4) is 17.0 Å². The first-order valence-electron chi connectivity index (χ1n) is 19.7. The number of aromatic nitrogens is 1. The first-order chi connectivity index (χ1) is 26.5. The molecule has 55 heavy (non-hydrogen) atoms. The summed E-state index contributed by atoms with van der Waals surface area (Å²) >= 11 is 0. The molecule has 4 N–H and O–H groups in total. The van der Waals surface area contributed by atoms with Gasteiger partial charge < -0.3 is 25.6 Å². The third-order valence-corrected chi connectivity index (χ3v) is 13.0. The van der Waals surface area contributed by atoms with Gasteiger partial charge in [-0.25, -0.2) is 13.4 Å². The van der Waals surface area contributed by atoms with Crippen molar-refractivity contribution in [3.05, 3.63) is 60.3 Å². The average Bonchev–Trinajstić information content (AvgIpc) is 4.10. The van der Waals surface area contributed by atoms with Gasteiger partial charge in [-0.15, -0.1) is 0 Å². The van der Waals surface area contributed by atoms with Gasteiger partial charge in [0.2, 0.25) is 27.7 Å². The van der Waals surface area contributed by atoms with Crippen LogP contribution in [-0.2, 0) is 29.2 Å². The summed E-state index contributed by atoms with van der Waals surface area (Å²) in [5, 5.41) is 8.15. The van der Waals surface area contributed by atoms with E-state index in [1.165, 1.54) is 4.90 Å². The fourth-order valence-corrected chi connectivity index (χ4v) is 9.19. The molecule has 0 spiro atoms. The second-order valence-electron chi connectivity index (χ2n) is 15.5. The predicted molar refractivity (Wildman–Crippen MR) is 203 cm³/mol. The van der Waals surface area contributed by atoms with E-state index in [9.17, 15) is 32.4 Å². The van der Waals surface area contributed by atoms with Crippen molar-refractivity contribution >= 4 is 39.6 Å². The van der Waals surface area contributed by atoms with Crippen molar-refractivity contribution < 1.29 is 37.1 Å². The molecule has 3 fully saturated rings. The molecule has 7 bridgehead atoms. The molecule has 0 radical (unpaired) electrons. The maximum Gasteiger partial charge on any atom is 0.270 e. The molecule has 4 heterocycles. The topological polar surface area (TPSA) is 193 Å². The van der Waals surface area contributed by atoms with Crippen LogP contribution in [0.1, 0.15) is 100 Å². The smallest absolute Gasteiger partial charge is 0.270 e. The molecule has 15 heteroatoms. The van der Waals surface area contributed by atoms with Crippen LogP contribution >= 0.6 is 0 Å². The number of benzene rings is 1. The lowest BCUT2D eigenvalue weighted by molar-refractivity contribution is -0.142. The maximum absolute atomic E-state index is 14.5. The number of nitrogens with zero attached hydrogens (tertiary/aromatic N) is 2. The number of carbonyl (C=O) groups is 5. The van der Waals surface area contributed by atoms with Gasteiger partial charge in [-0.1, -0.05) is 56.0 Å². The number of nitrogens with one attached hydrogen (secondary N) is 4. The first kappa shape index (κ1) is 38.5. The van der Waals surface area contributed by atoms with Crippen molar-refractivity contribution in [3.63, 3.8) is 0 Å². The van der Waals surface area contributed by atoms with Crippen molar-refractivity contribution in [2.24, 2.45) is 5.92 Å². The van der Waals surface area contributed by atoms with Crippen LogP contribution in [0.2, 0.25) is 0 Å². The van der Waals surface area contributed by atoms with Crippen LogP contribution in [0.3, 0.4) is 0 Å². The van der Waals surface area contributed by atoms with Crippen LogP contribution in [0.25, 0.3) is 11.3 Å². The van der Waals surface area contributed by atoms with E-state index in [1.54, 1.807) is 18.2 Å². The second-order valence-corrected chi connectivity index (χ2v) is 17.5. The Morgan fingerprint density at radius 2 is 1.69 bits per heavy atom. The zero-order valence-corrected chi connectivity index (χ0v) is 31.8. The molecule has 5 amide bonds. The number of allylic oxidation sites excluding steroid dienone is 1. The van der Waals surface area contributed by atoms with Crippen LogP contribution in [0.4, 0.5) is 0 Å². The van der Waals surface area contributed by atoms with Gasteiger partial charge in [-0.05, 0) is 82.1 Å². The van der Waals surface area contributed by atoms with E-state index in [4.69, 9.17) is 4.74 Å². The molecule has 1 aromatic carbocycles. The minimum atomic E-state index is -3.89. The summed E-state index contributed by atoms with van der Waals surface area (Å²) < 4.78 is 33.8. The van der Waals surface area contributed by atoms with E-state index in [1.807, 2.05) is 36.4 Å². The number of ether oxygens (including phenoxy) is 1. The van der Waals surface area contributed by atoms with E-state index in [0.29, 0.717) is 56.6 Å². The molecular weight excluding hydrogens is 725 g/mol. The minimum Gasteiger partial charge on any atom is -0.494 e. The zero-order valence-electron chi connectivity index (χ0n) is 31.0. The van der Waals surface area contributed by atoms with Gasteiger partial charge in [0, 0.05) is 30.5 Å². The fourth-order valence-electron chi connectivity index (χ4n) is 7.83. The van der Waals surface area contributed by atoms with Crippen molar-refractivity contribution in [2.75, 3.05) is 13.2 Å². The van der Waals surface area contributed by atoms with E-state index >= 15 is 0 Å². The SMILES string of the molecule is O=C1CCCCCCOc2cccc(c2)-c2cccc(n2)C(=O)N[C@@H]2C[C@H]3C(=O)N[C@]4(C(=O)NS(=O)(=O)C5CC5)C[C@H]4/C=C\CCCCC[C@H](N1)C(=O)N3C2. The van der Waals surface area contributed by atoms with E-state index in [-0.39, 0.29) is 37.4 Å². The van der Waals surface area contributed by atoms with Gasteiger partial charge in [-0.3, -0.25) is 28.7 Å². The quantitative estimate of drug-likeness (QED) is 0.339. The van der Waals surface area contributed by atoms with Crippen LogP contribution in [0.15, 0.2) is 54.6 Å². The third-order valence-electron chi connectivity index (χ3n) is 11.2. The summed E-state index contributed by atoms with van der Waals surface area (Å²) in [7, 11) is -3.89. The van der Waals surface area contributed by atoms with Crippen LogP contribution in [0.5, 0.6) is 5.75 Å². The standard InChI is InChI=1S/C40H50N6O8S/c47-35-18-8-4-5-9-21-54-29-14-10-12-26(22-29)31-16-11-17-32(42-31)36(48)41-28-23-34-37(49)44-40(39(51)45-55(52,53)30-19-20-30)24-27(40)13-6-2-1-3-7-15-33(43-35)38(50)46(34)25-28/h6,10-14,16-17,22,27-28,30,33-34H,1-5,7-9,15,18-21,23-25H2,(H,41,48)(H,43,47)(H,44,49)(H,45,51)/b13-6-/t27-,28-,33+,34+,40-/m1/s1. The average molecular weight is 775 g/mol. The van der Waals surface area contributed by atoms with Crippen LogP contribution in [-0.4, -0.2) is 89.9 Å². The molecule has 14 nitrogen and oxygen atoms in total. The van der Waals surface area contributed by atoms with Gasteiger partial charge in [0.1, 0.15) is 29.1 Å². The number of amides is 5. The number of carbonyl (C=O) groups excluding carboxylic acids is 5. The molecule has 2 aromatic rings. The molecule has 5 atom stereocenters. The number of sulfonamides is 1. The lowest BCUT2D eigenvalue weighted by Crippen LogP contribution is -2.58. The highest BCUT2D eigenvalue weighted by molar-refractivity contribution is 7.91. The fraction of sp³-hybridized carbons (Fsp3) is 0.550. The van der Waals surface area contributed by atoms with Gasteiger partial charge in [0.25, 0.3) is 11.8 Å². The molecule has 294 valence electrons. The Bertz CT molecular complexity index is 1950. The molecule has 0 unspecified atom stereocenters. The molecule has 7 rings (SSSR count). The molecule has 2 saturated carbocycles. The molecule has 5 aliphatic rings. The number of pyridine rings is 1.